The van der Waals surface area contributed by atoms with Crippen molar-refractivity contribution >= 4 is 22.5 Å². The van der Waals surface area contributed by atoms with E-state index in [4.69, 9.17) is 0 Å². The van der Waals surface area contributed by atoms with Gasteiger partial charge in [-0.05, 0) is 11.6 Å². The SMILES string of the molecule is O=CN1CCN(S(=O)(=O)C=Cc2ccccc2)CC1. The molecule has 0 saturated carbocycles. The minimum atomic E-state index is -3.40. The highest BCUT2D eigenvalue weighted by Crippen LogP contribution is 2.10. The van der Waals surface area contributed by atoms with Gasteiger partial charge in [0.05, 0.1) is 0 Å². The summed E-state index contributed by atoms with van der Waals surface area (Å²) in [4.78, 5) is 12.1. The molecule has 1 heterocycles. The van der Waals surface area contributed by atoms with Crippen LogP contribution in [0.25, 0.3) is 6.08 Å². The molecule has 1 aliphatic heterocycles. The Morgan fingerprint density at radius 2 is 1.63 bits per heavy atom. The topological polar surface area (TPSA) is 57.7 Å². The number of carbonyl (C=O) groups excluding carboxylic acids is 1. The molecule has 0 aromatic heterocycles. The van der Waals surface area contributed by atoms with E-state index in [1.54, 1.807) is 11.0 Å². The molecule has 19 heavy (non-hydrogen) atoms. The van der Waals surface area contributed by atoms with Crippen molar-refractivity contribution in [2.24, 2.45) is 0 Å². The predicted molar refractivity (Wildman–Crippen MR) is 73.6 cm³/mol. The van der Waals surface area contributed by atoms with Crippen LogP contribution in [0, 0.1) is 0 Å². The monoisotopic (exact) mass is 280 g/mol. The Morgan fingerprint density at radius 3 is 2.21 bits per heavy atom. The van der Waals surface area contributed by atoms with Gasteiger partial charge >= 0.3 is 0 Å². The normalized spacial score (nSPS) is 17.8. The lowest BCUT2D eigenvalue weighted by Gasteiger charge is -2.30. The Morgan fingerprint density at radius 1 is 1.00 bits per heavy atom. The van der Waals surface area contributed by atoms with Crippen LogP contribution in [-0.4, -0.2) is 50.2 Å². The van der Waals surface area contributed by atoms with Crippen molar-refractivity contribution in [1.29, 1.82) is 0 Å². The summed E-state index contributed by atoms with van der Waals surface area (Å²) < 4.78 is 25.6. The van der Waals surface area contributed by atoms with E-state index in [1.165, 1.54) is 9.71 Å². The number of hydrogen-bond acceptors (Lipinski definition) is 3. The van der Waals surface area contributed by atoms with Gasteiger partial charge in [-0.1, -0.05) is 30.3 Å². The molecule has 5 nitrogen and oxygen atoms in total. The summed E-state index contributed by atoms with van der Waals surface area (Å²) in [6, 6.07) is 9.28. The molecule has 102 valence electrons. The number of piperazine rings is 1. The van der Waals surface area contributed by atoms with E-state index in [-0.39, 0.29) is 0 Å². The molecule has 1 aromatic carbocycles. The lowest BCUT2D eigenvalue weighted by atomic mass is 10.2. The smallest absolute Gasteiger partial charge is 0.236 e. The first-order valence-corrected chi connectivity index (χ1v) is 7.55. The quantitative estimate of drug-likeness (QED) is 0.765. The van der Waals surface area contributed by atoms with Gasteiger partial charge in [0.25, 0.3) is 0 Å². The van der Waals surface area contributed by atoms with E-state index in [1.807, 2.05) is 30.3 Å². The molecule has 0 bridgehead atoms. The summed E-state index contributed by atoms with van der Waals surface area (Å²) in [5.41, 5.74) is 0.845. The fourth-order valence-corrected chi connectivity index (χ4v) is 3.05. The number of benzene rings is 1. The fraction of sp³-hybridized carbons (Fsp3) is 0.308. The second kappa shape index (κ2) is 5.99. The maximum atomic E-state index is 12.1. The van der Waals surface area contributed by atoms with E-state index >= 15 is 0 Å². The fourth-order valence-electron chi connectivity index (χ4n) is 1.88. The average molecular weight is 280 g/mol. The molecular formula is C13H16N2O3S. The Bertz CT molecular complexity index is 547. The number of nitrogens with zero attached hydrogens (tertiary/aromatic N) is 2. The van der Waals surface area contributed by atoms with Gasteiger partial charge in [-0.2, -0.15) is 4.31 Å². The molecular weight excluding hydrogens is 264 g/mol. The third kappa shape index (κ3) is 3.65. The predicted octanol–water partition coefficient (Wildman–Crippen LogP) is 0.761. The lowest BCUT2D eigenvalue weighted by molar-refractivity contribution is -0.119. The van der Waals surface area contributed by atoms with Gasteiger partial charge in [-0.3, -0.25) is 4.79 Å². The van der Waals surface area contributed by atoms with Crippen molar-refractivity contribution in [1.82, 2.24) is 9.21 Å². The highest BCUT2D eigenvalue weighted by Gasteiger charge is 2.24. The maximum Gasteiger partial charge on any atom is 0.236 e. The minimum absolute atomic E-state index is 0.347. The number of sulfonamides is 1. The molecule has 1 saturated heterocycles. The molecule has 0 unspecified atom stereocenters. The number of rotatable bonds is 4. The first-order valence-electron chi connectivity index (χ1n) is 6.04. The van der Waals surface area contributed by atoms with Crippen LogP contribution >= 0.6 is 0 Å². The van der Waals surface area contributed by atoms with Gasteiger partial charge < -0.3 is 4.90 Å². The van der Waals surface area contributed by atoms with Gasteiger partial charge in [0, 0.05) is 31.6 Å². The molecule has 1 aromatic rings. The molecule has 0 aliphatic carbocycles. The van der Waals surface area contributed by atoms with Crippen molar-refractivity contribution in [2.75, 3.05) is 26.2 Å². The van der Waals surface area contributed by atoms with Gasteiger partial charge in [-0.25, -0.2) is 8.42 Å². The van der Waals surface area contributed by atoms with Crippen LogP contribution < -0.4 is 0 Å². The van der Waals surface area contributed by atoms with Gasteiger partial charge in [0.2, 0.25) is 16.4 Å². The largest absolute Gasteiger partial charge is 0.343 e. The van der Waals surface area contributed by atoms with Crippen LogP contribution in [-0.2, 0) is 14.8 Å². The van der Waals surface area contributed by atoms with Crippen molar-refractivity contribution < 1.29 is 13.2 Å². The molecule has 0 N–H and O–H groups in total. The molecule has 6 heteroatoms. The Kier molecular flexibility index (Phi) is 4.34. The second-order valence-electron chi connectivity index (χ2n) is 4.30. The van der Waals surface area contributed by atoms with Crippen LogP contribution in [0.1, 0.15) is 5.56 Å². The molecule has 0 radical (unpaired) electrons. The summed E-state index contributed by atoms with van der Waals surface area (Å²) in [7, 11) is -3.40. The van der Waals surface area contributed by atoms with Gasteiger partial charge in [0.15, 0.2) is 0 Å². The zero-order chi connectivity index (χ0) is 13.7. The molecule has 1 amide bonds. The van der Waals surface area contributed by atoms with Gasteiger partial charge in [0.1, 0.15) is 0 Å². The van der Waals surface area contributed by atoms with Crippen molar-refractivity contribution in [3.8, 4) is 0 Å². The minimum Gasteiger partial charge on any atom is -0.343 e. The number of carbonyl (C=O) groups is 1. The summed E-state index contributed by atoms with van der Waals surface area (Å²) in [5.74, 6) is 0. The zero-order valence-corrected chi connectivity index (χ0v) is 11.3. The van der Waals surface area contributed by atoms with E-state index in [2.05, 4.69) is 0 Å². The van der Waals surface area contributed by atoms with E-state index in [0.29, 0.717) is 26.2 Å². The summed E-state index contributed by atoms with van der Waals surface area (Å²) in [6.45, 7) is 1.59. The van der Waals surface area contributed by atoms with Crippen LogP contribution in [0.15, 0.2) is 35.7 Å². The van der Waals surface area contributed by atoms with Crippen LogP contribution in [0.2, 0.25) is 0 Å². The summed E-state index contributed by atoms with van der Waals surface area (Å²) >= 11 is 0. The molecule has 1 aliphatic rings. The third-order valence-electron chi connectivity index (χ3n) is 3.01. The molecule has 2 rings (SSSR count). The lowest BCUT2D eigenvalue weighted by Crippen LogP contribution is -2.47. The van der Waals surface area contributed by atoms with Crippen molar-refractivity contribution in [2.45, 2.75) is 0 Å². The van der Waals surface area contributed by atoms with Crippen molar-refractivity contribution in [3.05, 3.63) is 41.3 Å². The second-order valence-corrected chi connectivity index (χ2v) is 6.12. The van der Waals surface area contributed by atoms with Crippen LogP contribution in [0.4, 0.5) is 0 Å². The van der Waals surface area contributed by atoms with E-state index in [9.17, 15) is 13.2 Å². The molecule has 0 atom stereocenters. The summed E-state index contributed by atoms with van der Waals surface area (Å²) in [6.07, 6.45) is 2.34. The summed E-state index contributed by atoms with van der Waals surface area (Å²) in [5, 5.41) is 1.22. The molecule has 1 fully saturated rings. The standard InChI is InChI=1S/C13H16N2O3S/c16-12-14-7-9-15(10-8-14)19(17,18)11-6-13-4-2-1-3-5-13/h1-6,11-12H,7-10H2. The van der Waals surface area contributed by atoms with Crippen LogP contribution in [0.3, 0.4) is 0 Å². The highest BCUT2D eigenvalue weighted by molar-refractivity contribution is 7.92. The average Bonchev–Trinajstić information content (AvgIpc) is 2.46. The first kappa shape index (κ1) is 13.8. The molecule has 0 spiro atoms. The van der Waals surface area contributed by atoms with Gasteiger partial charge in [-0.15, -0.1) is 0 Å². The van der Waals surface area contributed by atoms with E-state index < -0.39 is 10.0 Å². The Hall–Kier alpha value is -1.66. The third-order valence-corrected chi connectivity index (χ3v) is 4.58. The van der Waals surface area contributed by atoms with Crippen LogP contribution in [0.5, 0.6) is 0 Å². The Labute approximate surface area is 113 Å². The Balaban J connectivity index is 2.03. The van der Waals surface area contributed by atoms with E-state index in [0.717, 1.165) is 12.0 Å². The maximum absolute atomic E-state index is 12.1. The number of amides is 1. The zero-order valence-electron chi connectivity index (χ0n) is 10.5. The number of hydrogen-bond donors (Lipinski definition) is 0. The van der Waals surface area contributed by atoms with Crippen molar-refractivity contribution in [3.63, 3.8) is 0 Å². The first-order chi connectivity index (χ1) is 9.12. The highest BCUT2D eigenvalue weighted by atomic mass is 32.2.